The topological polar surface area (TPSA) is 66.0 Å². The van der Waals surface area contributed by atoms with E-state index in [0.717, 1.165) is 16.7 Å². The summed E-state index contributed by atoms with van der Waals surface area (Å²) >= 11 is 1.34. The van der Waals surface area contributed by atoms with Crippen LogP contribution >= 0.6 is 11.8 Å². The molecule has 5 nitrogen and oxygen atoms in total. The number of alkyl halides is 3. The van der Waals surface area contributed by atoms with E-state index < -0.39 is 12.8 Å². The number of nitrogens with zero attached hydrogens (tertiary/aromatic N) is 3. The molecule has 0 aliphatic carbocycles. The van der Waals surface area contributed by atoms with E-state index >= 15 is 0 Å². The molecule has 2 N–H and O–H groups in total. The van der Waals surface area contributed by atoms with Gasteiger partial charge in [0.15, 0.2) is 12.4 Å². The van der Waals surface area contributed by atoms with Crippen LogP contribution in [0.25, 0.3) is 11.4 Å². The third-order valence-corrected chi connectivity index (χ3v) is 4.66. The van der Waals surface area contributed by atoms with Gasteiger partial charge in [0.1, 0.15) is 5.75 Å². The van der Waals surface area contributed by atoms with E-state index in [1.165, 1.54) is 22.5 Å². The zero-order valence-electron chi connectivity index (χ0n) is 14.4. The van der Waals surface area contributed by atoms with E-state index in [0.29, 0.717) is 16.7 Å². The number of benzene rings is 2. The smallest absolute Gasteiger partial charge is 0.422 e. The first-order chi connectivity index (χ1) is 12.8. The van der Waals surface area contributed by atoms with Crippen molar-refractivity contribution >= 4 is 11.8 Å². The van der Waals surface area contributed by atoms with Gasteiger partial charge in [0.05, 0.1) is 0 Å². The average molecular weight is 394 g/mol. The second-order valence-electron chi connectivity index (χ2n) is 5.88. The lowest BCUT2D eigenvalue weighted by Crippen LogP contribution is -2.19. The van der Waals surface area contributed by atoms with Crippen LogP contribution < -0.4 is 10.6 Å². The molecule has 0 bridgehead atoms. The summed E-state index contributed by atoms with van der Waals surface area (Å²) in [6.07, 6.45) is -4.37. The summed E-state index contributed by atoms with van der Waals surface area (Å²) in [7, 11) is 0. The fraction of sp³-hybridized carbons (Fsp3) is 0.222. The predicted octanol–water partition coefficient (Wildman–Crippen LogP) is 4.20. The van der Waals surface area contributed by atoms with Crippen LogP contribution in [-0.4, -0.2) is 27.7 Å². The van der Waals surface area contributed by atoms with Gasteiger partial charge in [0.2, 0.25) is 5.16 Å². The molecule has 0 aliphatic heterocycles. The van der Waals surface area contributed by atoms with Gasteiger partial charge >= 0.3 is 6.18 Å². The van der Waals surface area contributed by atoms with E-state index in [2.05, 4.69) is 10.2 Å². The molecule has 0 atom stereocenters. The maximum absolute atomic E-state index is 12.3. The van der Waals surface area contributed by atoms with Gasteiger partial charge in [0, 0.05) is 11.3 Å². The van der Waals surface area contributed by atoms with E-state index in [9.17, 15) is 13.2 Å². The second kappa shape index (κ2) is 7.91. The van der Waals surface area contributed by atoms with Gasteiger partial charge in [-0.25, -0.2) is 4.68 Å². The van der Waals surface area contributed by atoms with Crippen LogP contribution in [0.1, 0.15) is 11.1 Å². The maximum Gasteiger partial charge on any atom is 0.422 e. The number of nitrogens with two attached hydrogens (primary N) is 1. The molecule has 0 radical (unpaired) electrons. The van der Waals surface area contributed by atoms with Crippen molar-refractivity contribution in [1.82, 2.24) is 14.9 Å². The highest BCUT2D eigenvalue weighted by molar-refractivity contribution is 7.98. The number of aryl methyl sites for hydroxylation is 1. The summed E-state index contributed by atoms with van der Waals surface area (Å²) in [4.78, 5) is 0. The molecule has 1 aromatic heterocycles. The van der Waals surface area contributed by atoms with Crippen molar-refractivity contribution in [3.05, 3.63) is 59.7 Å². The van der Waals surface area contributed by atoms with Crippen LogP contribution in [0.5, 0.6) is 5.75 Å². The summed E-state index contributed by atoms with van der Waals surface area (Å²) in [5.41, 5.74) is 2.77. The van der Waals surface area contributed by atoms with Crippen molar-refractivity contribution < 1.29 is 17.9 Å². The number of halogens is 3. The largest absolute Gasteiger partial charge is 0.484 e. The van der Waals surface area contributed by atoms with Gasteiger partial charge in [-0.05, 0) is 24.6 Å². The van der Waals surface area contributed by atoms with E-state index in [4.69, 9.17) is 10.6 Å². The molecule has 27 heavy (non-hydrogen) atoms. The summed E-state index contributed by atoms with van der Waals surface area (Å²) in [6.45, 7) is 0.672. The van der Waals surface area contributed by atoms with Crippen LogP contribution in [0, 0.1) is 6.92 Å². The highest BCUT2D eigenvalue weighted by Gasteiger charge is 2.28. The third kappa shape index (κ3) is 5.16. The van der Waals surface area contributed by atoms with Gasteiger partial charge in [-0.15, -0.1) is 10.2 Å². The molecular weight excluding hydrogens is 377 g/mol. The van der Waals surface area contributed by atoms with Gasteiger partial charge in [0.25, 0.3) is 0 Å². The van der Waals surface area contributed by atoms with Crippen LogP contribution in [0.2, 0.25) is 0 Å². The van der Waals surface area contributed by atoms with Gasteiger partial charge < -0.3 is 10.6 Å². The molecule has 3 aromatic rings. The fourth-order valence-electron chi connectivity index (χ4n) is 2.31. The molecule has 0 saturated heterocycles. The minimum absolute atomic E-state index is 0.167. The zero-order valence-corrected chi connectivity index (χ0v) is 15.2. The maximum atomic E-state index is 12.3. The molecule has 0 unspecified atom stereocenters. The Morgan fingerprint density at radius 2 is 1.85 bits per heavy atom. The highest BCUT2D eigenvalue weighted by atomic mass is 32.2. The third-order valence-electron chi connectivity index (χ3n) is 3.64. The van der Waals surface area contributed by atoms with Crippen molar-refractivity contribution in [2.45, 2.75) is 24.0 Å². The molecule has 2 aromatic carbocycles. The lowest BCUT2D eigenvalue weighted by atomic mass is 10.1. The molecule has 142 valence electrons. The molecule has 0 aliphatic rings. The number of thioether (sulfide) groups is 1. The number of nitrogen functional groups attached to an aromatic ring is 1. The first-order valence-electron chi connectivity index (χ1n) is 8.01. The first-order valence-corrected chi connectivity index (χ1v) is 8.99. The molecule has 3 rings (SSSR count). The number of rotatable bonds is 6. The summed E-state index contributed by atoms with van der Waals surface area (Å²) in [6, 6.07) is 14.2. The lowest BCUT2D eigenvalue weighted by molar-refractivity contribution is -0.153. The van der Waals surface area contributed by atoms with Crippen LogP contribution in [0.15, 0.2) is 53.7 Å². The Bertz CT molecular complexity index is 910. The molecule has 0 spiro atoms. The monoisotopic (exact) mass is 394 g/mol. The van der Waals surface area contributed by atoms with Crippen molar-refractivity contribution in [2.24, 2.45) is 0 Å². The Morgan fingerprint density at radius 1 is 1.11 bits per heavy atom. The summed E-state index contributed by atoms with van der Waals surface area (Å²) in [5.74, 6) is 7.26. The SMILES string of the molecule is Cc1ccc(-c2nnc(SCc3cccc(OCC(F)(F)F)c3)n2N)cc1. The van der Waals surface area contributed by atoms with Crippen molar-refractivity contribution in [3.8, 4) is 17.1 Å². The quantitative estimate of drug-likeness (QED) is 0.501. The van der Waals surface area contributed by atoms with Gasteiger partial charge in [-0.3, -0.25) is 0 Å². The lowest BCUT2D eigenvalue weighted by Gasteiger charge is -2.10. The van der Waals surface area contributed by atoms with Gasteiger partial charge in [-0.1, -0.05) is 53.7 Å². The molecular formula is C18H17F3N4OS. The first kappa shape index (κ1) is 19.1. The molecule has 9 heteroatoms. The normalized spacial score (nSPS) is 11.6. The van der Waals surface area contributed by atoms with Crippen molar-refractivity contribution in [1.29, 1.82) is 0 Å². The Kier molecular flexibility index (Phi) is 5.59. The van der Waals surface area contributed by atoms with E-state index in [1.807, 2.05) is 31.2 Å². The predicted molar refractivity (Wildman–Crippen MR) is 97.9 cm³/mol. The number of hydrogen-bond acceptors (Lipinski definition) is 5. The molecule has 0 amide bonds. The average Bonchev–Trinajstić information content (AvgIpc) is 2.99. The fourth-order valence-corrected chi connectivity index (χ4v) is 3.11. The van der Waals surface area contributed by atoms with Gasteiger partial charge in [-0.2, -0.15) is 13.2 Å². The Hall–Kier alpha value is -2.68. The number of aromatic nitrogens is 3. The van der Waals surface area contributed by atoms with Crippen molar-refractivity contribution in [2.75, 3.05) is 12.4 Å². The van der Waals surface area contributed by atoms with Crippen LogP contribution in [-0.2, 0) is 5.75 Å². The number of hydrogen-bond donors (Lipinski definition) is 1. The Morgan fingerprint density at radius 3 is 2.56 bits per heavy atom. The zero-order chi connectivity index (χ0) is 19.4. The Balaban J connectivity index is 1.66. The summed E-state index contributed by atoms with van der Waals surface area (Å²) < 4.78 is 42.9. The van der Waals surface area contributed by atoms with E-state index in [1.54, 1.807) is 18.2 Å². The number of ether oxygens (including phenoxy) is 1. The van der Waals surface area contributed by atoms with Crippen LogP contribution in [0.4, 0.5) is 13.2 Å². The summed E-state index contributed by atoms with van der Waals surface area (Å²) in [5, 5.41) is 8.72. The second-order valence-corrected chi connectivity index (χ2v) is 6.82. The molecule has 1 heterocycles. The minimum atomic E-state index is -4.37. The molecule has 0 saturated carbocycles. The van der Waals surface area contributed by atoms with Crippen LogP contribution in [0.3, 0.4) is 0 Å². The van der Waals surface area contributed by atoms with E-state index in [-0.39, 0.29) is 5.75 Å². The van der Waals surface area contributed by atoms with Crippen molar-refractivity contribution in [3.63, 3.8) is 0 Å². The standard InChI is InChI=1S/C18H17F3N4OS/c1-12-5-7-14(8-6-12)16-23-24-17(25(16)22)27-10-13-3-2-4-15(9-13)26-11-18(19,20)21/h2-9H,10-11,22H2,1H3. The molecule has 0 fully saturated rings. The minimum Gasteiger partial charge on any atom is -0.484 e. The highest BCUT2D eigenvalue weighted by Crippen LogP contribution is 2.26. The Labute approximate surface area is 158 Å².